The fraction of sp³-hybridized carbons (Fsp3) is 0.556. The van der Waals surface area contributed by atoms with Gasteiger partial charge >= 0.3 is 0 Å². The van der Waals surface area contributed by atoms with Gasteiger partial charge in [0.2, 0.25) is 11.8 Å². The molecule has 4 heteroatoms. The first-order chi connectivity index (χ1) is 10.4. The summed E-state index contributed by atoms with van der Waals surface area (Å²) in [4.78, 5) is 24.9. The van der Waals surface area contributed by atoms with Crippen molar-refractivity contribution >= 4 is 17.5 Å². The van der Waals surface area contributed by atoms with E-state index in [1.807, 2.05) is 18.2 Å². The van der Waals surface area contributed by atoms with Crippen LogP contribution in [-0.4, -0.2) is 17.9 Å². The molecule has 4 nitrogen and oxygen atoms in total. The zero-order valence-electron chi connectivity index (χ0n) is 14.0. The van der Waals surface area contributed by atoms with E-state index < -0.39 is 5.41 Å². The SMILES string of the molecule is CCc1cccc(CC)c1NC(=O)C(C)(C)C(=O)NC1CC1. The van der Waals surface area contributed by atoms with Crippen LogP contribution in [0.15, 0.2) is 18.2 Å². The molecule has 1 saturated carbocycles. The molecule has 1 aliphatic rings. The van der Waals surface area contributed by atoms with Crippen molar-refractivity contribution in [2.24, 2.45) is 5.41 Å². The van der Waals surface area contributed by atoms with Crippen LogP contribution < -0.4 is 10.6 Å². The zero-order valence-corrected chi connectivity index (χ0v) is 14.0. The molecule has 1 aromatic carbocycles. The number of anilines is 1. The standard InChI is InChI=1S/C18H26N2O2/c1-5-12-8-7-9-13(6-2)15(12)20-17(22)18(3,4)16(21)19-14-10-11-14/h7-9,14H,5-6,10-11H2,1-4H3,(H,19,21)(H,20,22). The van der Waals surface area contributed by atoms with Crippen LogP contribution in [0.4, 0.5) is 5.69 Å². The van der Waals surface area contributed by atoms with Crippen LogP contribution in [0.5, 0.6) is 0 Å². The molecular formula is C18H26N2O2. The van der Waals surface area contributed by atoms with Crippen molar-refractivity contribution < 1.29 is 9.59 Å². The molecule has 1 aliphatic carbocycles. The van der Waals surface area contributed by atoms with Gasteiger partial charge in [-0.15, -0.1) is 0 Å². The van der Waals surface area contributed by atoms with Crippen molar-refractivity contribution in [3.05, 3.63) is 29.3 Å². The average molecular weight is 302 g/mol. The lowest BCUT2D eigenvalue weighted by Crippen LogP contribution is -2.46. The normalized spacial score (nSPS) is 14.5. The van der Waals surface area contributed by atoms with E-state index >= 15 is 0 Å². The summed E-state index contributed by atoms with van der Waals surface area (Å²) >= 11 is 0. The maximum atomic E-state index is 12.6. The summed E-state index contributed by atoms with van der Waals surface area (Å²) in [7, 11) is 0. The maximum absolute atomic E-state index is 12.6. The van der Waals surface area contributed by atoms with Crippen LogP contribution in [0, 0.1) is 5.41 Å². The predicted octanol–water partition coefficient (Wildman–Crippen LogP) is 3.05. The van der Waals surface area contributed by atoms with E-state index in [-0.39, 0.29) is 17.9 Å². The predicted molar refractivity (Wildman–Crippen MR) is 88.8 cm³/mol. The lowest BCUT2D eigenvalue weighted by Gasteiger charge is -2.24. The second-order valence-corrected chi connectivity index (χ2v) is 6.49. The summed E-state index contributed by atoms with van der Waals surface area (Å²) in [5, 5.41) is 5.91. The van der Waals surface area contributed by atoms with Gasteiger partial charge in [0.15, 0.2) is 0 Å². The Hall–Kier alpha value is -1.84. The third-order valence-corrected chi connectivity index (χ3v) is 4.29. The third-order valence-electron chi connectivity index (χ3n) is 4.29. The molecule has 0 atom stereocenters. The van der Waals surface area contributed by atoms with Gasteiger partial charge in [-0.3, -0.25) is 9.59 Å². The quantitative estimate of drug-likeness (QED) is 0.794. The highest BCUT2D eigenvalue weighted by atomic mass is 16.2. The van der Waals surface area contributed by atoms with Crippen molar-refractivity contribution in [1.82, 2.24) is 5.32 Å². The Morgan fingerprint density at radius 3 is 2.09 bits per heavy atom. The molecule has 0 saturated heterocycles. The highest BCUT2D eigenvalue weighted by Gasteiger charge is 2.39. The molecule has 2 rings (SSSR count). The molecule has 0 bridgehead atoms. The molecule has 0 unspecified atom stereocenters. The average Bonchev–Trinajstić information content (AvgIpc) is 3.31. The minimum atomic E-state index is -1.07. The van der Waals surface area contributed by atoms with Crippen LogP contribution in [-0.2, 0) is 22.4 Å². The molecule has 120 valence electrons. The van der Waals surface area contributed by atoms with Gasteiger partial charge in [-0.2, -0.15) is 0 Å². The molecule has 0 heterocycles. The number of hydrogen-bond donors (Lipinski definition) is 2. The van der Waals surface area contributed by atoms with Crippen molar-refractivity contribution in [2.45, 2.75) is 59.4 Å². The molecule has 0 spiro atoms. The Bertz CT molecular complexity index is 552. The molecule has 0 aliphatic heterocycles. The van der Waals surface area contributed by atoms with Crippen molar-refractivity contribution in [3.63, 3.8) is 0 Å². The lowest BCUT2D eigenvalue weighted by atomic mass is 9.90. The molecule has 2 N–H and O–H groups in total. The van der Waals surface area contributed by atoms with Gasteiger partial charge in [0.05, 0.1) is 0 Å². The second-order valence-electron chi connectivity index (χ2n) is 6.49. The van der Waals surface area contributed by atoms with E-state index in [2.05, 4.69) is 24.5 Å². The van der Waals surface area contributed by atoms with E-state index in [0.29, 0.717) is 0 Å². The number of benzene rings is 1. The highest BCUT2D eigenvalue weighted by Crippen LogP contribution is 2.27. The largest absolute Gasteiger partial charge is 0.352 e. The molecule has 1 aromatic rings. The number of hydrogen-bond acceptors (Lipinski definition) is 2. The first-order valence-electron chi connectivity index (χ1n) is 8.13. The Morgan fingerprint density at radius 2 is 1.64 bits per heavy atom. The molecule has 1 fully saturated rings. The lowest BCUT2D eigenvalue weighted by molar-refractivity contribution is -0.138. The summed E-state index contributed by atoms with van der Waals surface area (Å²) in [6.07, 6.45) is 3.72. The Labute approximate surface area is 132 Å². The maximum Gasteiger partial charge on any atom is 0.239 e. The van der Waals surface area contributed by atoms with Gasteiger partial charge in [-0.05, 0) is 50.7 Å². The zero-order chi connectivity index (χ0) is 16.3. The van der Waals surface area contributed by atoms with Crippen LogP contribution in [0.25, 0.3) is 0 Å². The monoisotopic (exact) mass is 302 g/mol. The fourth-order valence-corrected chi connectivity index (χ4v) is 2.37. The smallest absolute Gasteiger partial charge is 0.239 e. The first kappa shape index (κ1) is 16.5. The summed E-state index contributed by atoms with van der Waals surface area (Å²) in [6, 6.07) is 6.31. The number of nitrogens with one attached hydrogen (secondary N) is 2. The summed E-state index contributed by atoms with van der Waals surface area (Å²) in [5.41, 5.74) is 2.00. The van der Waals surface area contributed by atoms with Crippen molar-refractivity contribution in [3.8, 4) is 0 Å². The summed E-state index contributed by atoms with van der Waals surface area (Å²) in [5.74, 6) is -0.444. The first-order valence-corrected chi connectivity index (χ1v) is 8.13. The van der Waals surface area contributed by atoms with Crippen LogP contribution in [0.3, 0.4) is 0 Å². The Morgan fingerprint density at radius 1 is 1.09 bits per heavy atom. The highest BCUT2D eigenvalue weighted by molar-refractivity contribution is 6.10. The van der Waals surface area contributed by atoms with Gasteiger partial charge < -0.3 is 10.6 Å². The van der Waals surface area contributed by atoms with E-state index in [1.165, 1.54) is 0 Å². The van der Waals surface area contributed by atoms with Gasteiger partial charge in [-0.25, -0.2) is 0 Å². The fourth-order valence-electron chi connectivity index (χ4n) is 2.37. The number of amides is 2. The Balaban J connectivity index is 2.18. The third kappa shape index (κ3) is 3.49. The van der Waals surface area contributed by atoms with E-state index in [0.717, 1.165) is 42.5 Å². The molecule has 0 radical (unpaired) electrons. The minimum Gasteiger partial charge on any atom is -0.352 e. The number of carbonyl (C=O) groups is 2. The van der Waals surface area contributed by atoms with Crippen LogP contribution in [0.2, 0.25) is 0 Å². The molecular weight excluding hydrogens is 276 g/mol. The van der Waals surface area contributed by atoms with E-state index in [9.17, 15) is 9.59 Å². The van der Waals surface area contributed by atoms with Crippen molar-refractivity contribution in [2.75, 3.05) is 5.32 Å². The van der Waals surface area contributed by atoms with Crippen LogP contribution >= 0.6 is 0 Å². The number of aryl methyl sites for hydroxylation is 2. The molecule has 2 amide bonds. The summed E-state index contributed by atoms with van der Waals surface area (Å²) < 4.78 is 0. The van der Waals surface area contributed by atoms with E-state index in [1.54, 1.807) is 13.8 Å². The number of carbonyl (C=O) groups excluding carboxylic acids is 2. The number of para-hydroxylation sites is 1. The van der Waals surface area contributed by atoms with Gasteiger partial charge in [0, 0.05) is 11.7 Å². The van der Waals surface area contributed by atoms with E-state index in [4.69, 9.17) is 0 Å². The van der Waals surface area contributed by atoms with Gasteiger partial charge in [0.25, 0.3) is 0 Å². The number of rotatable bonds is 6. The summed E-state index contributed by atoms with van der Waals surface area (Å²) in [6.45, 7) is 7.49. The van der Waals surface area contributed by atoms with Crippen molar-refractivity contribution in [1.29, 1.82) is 0 Å². The second kappa shape index (κ2) is 6.51. The van der Waals surface area contributed by atoms with Crippen LogP contribution in [0.1, 0.15) is 51.7 Å². The Kier molecular flexibility index (Phi) is 4.89. The molecule has 0 aromatic heterocycles. The molecule has 22 heavy (non-hydrogen) atoms. The van der Waals surface area contributed by atoms with Gasteiger partial charge in [-0.1, -0.05) is 32.0 Å². The minimum absolute atomic E-state index is 0.195. The topological polar surface area (TPSA) is 58.2 Å². The van der Waals surface area contributed by atoms with Gasteiger partial charge in [0.1, 0.15) is 5.41 Å².